The van der Waals surface area contributed by atoms with Gasteiger partial charge in [-0.2, -0.15) is 0 Å². The summed E-state index contributed by atoms with van der Waals surface area (Å²) >= 11 is 0. The summed E-state index contributed by atoms with van der Waals surface area (Å²) in [4.78, 5) is 24.5. The number of nitrogens with two attached hydrogens (primary N) is 1. The van der Waals surface area contributed by atoms with Gasteiger partial charge in [0.1, 0.15) is 0 Å². The number of amides is 1. The van der Waals surface area contributed by atoms with Gasteiger partial charge in [-0.1, -0.05) is 20.3 Å². The second kappa shape index (κ2) is 8.06. The number of hydrogen-bond acceptors (Lipinski definition) is 3. The molecule has 17 heavy (non-hydrogen) atoms. The first-order valence-electron chi connectivity index (χ1n) is 6.19. The minimum atomic E-state index is -0.879. The van der Waals surface area contributed by atoms with Gasteiger partial charge in [-0.3, -0.25) is 9.59 Å². The van der Waals surface area contributed by atoms with E-state index in [0.717, 1.165) is 12.8 Å². The molecule has 2 atom stereocenters. The molecule has 0 aromatic heterocycles. The number of hydrogen-bond donors (Lipinski definition) is 2. The number of nitrogens with zero attached hydrogens (tertiary/aromatic N) is 1. The van der Waals surface area contributed by atoms with Crippen LogP contribution in [0.2, 0.25) is 0 Å². The molecule has 100 valence electrons. The second-order valence-electron chi connectivity index (χ2n) is 4.34. The molecule has 1 amide bonds. The maximum absolute atomic E-state index is 12.1. The highest BCUT2D eigenvalue weighted by atomic mass is 16.4. The molecule has 2 unspecified atom stereocenters. The van der Waals surface area contributed by atoms with Gasteiger partial charge in [0, 0.05) is 19.6 Å². The Morgan fingerprint density at radius 1 is 1.35 bits per heavy atom. The summed E-state index contributed by atoms with van der Waals surface area (Å²) in [7, 11) is 0. The molecule has 0 aliphatic rings. The number of carboxylic acid groups (broad SMARTS) is 1. The predicted molar refractivity (Wildman–Crippen MR) is 66.5 cm³/mol. The molecule has 3 N–H and O–H groups in total. The van der Waals surface area contributed by atoms with Gasteiger partial charge in [0.05, 0.1) is 11.8 Å². The molecule has 0 fully saturated rings. The van der Waals surface area contributed by atoms with E-state index in [1.54, 1.807) is 11.8 Å². The van der Waals surface area contributed by atoms with Crippen molar-refractivity contribution in [2.75, 3.05) is 19.6 Å². The van der Waals surface area contributed by atoms with E-state index in [0.29, 0.717) is 13.1 Å². The van der Waals surface area contributed by atoms with Crippen LogP contribution in [-0.4, -0.2) is 41.5 Å². The Labute approximate surface area is 103 Å². The average Bonchev–Trinajstić information content (AvgIpc) is 2.31. The van der Waals surface area contributed by atoms with Gasteiger partial charge in [0.15, 0.2) is 0 Å². The molecule has 0 spiro atoms. The smallest absolute Gasteiger partial charge is 0.308 e. The van der Waals surface area contributed by atoms with E-state index in [1.807, 2.05) is 13.8 Å². The van der Waals surface area contributed by atoms with Gasteiger partial charge in [-0.25, -0.2) is 0 Å². The number of aliphatic carboxylic acids is 1. The maximum atomic E-state index is 12.1. The summed E-state index contributed by atoms with van der Waals surface area (Å²) in [5, 5.41) is 8.84. The third kappa shape index (κ3) is 5.17. The molecule has 0 aliphatic carbocycles. The second-order valence-corrected chi connectivity index (χ2v) is 4.34. The summed E-state index contributed by atoms with van der Waals surface area (Å²) in [5.41, 5.74) is 5.58. The number of rotatable bonds is 8. The first-order chi connectivity index (χ1) is 7.97. The van der Waals surface area contributed by atoms with Crippen LogP contribution in [0.5, 0.6) is 0 Å². The van der Waals surface area contributed by atoms with Crippen LogP contribution in [-0.2, 0) is 9.59 Å². The van der Waals surface area contributed by atoms with E-state index in [4.69, 9.17) is 10.8 Å². The zero-order chi connectivity index (χ0) is 13.4. The largest absolute Gasteiger partial charge is 0.481 e. The van der Waals surface area contributed by atoms with Crippen LogP contribution in [0.1, 0.15) is 33.6 Å². The van der Waals surface area contributed by atoms with Gasteiger partial charge in [-0.05, 0) is 13.3 Å². The van der Waals surface area contributed by atoms with E-state index < -0.39 is 11.9 Å². The molecule has 5 nitrogen and oxygen atoms in total. The van der Waals surface area contributed by atoms with Crippen LogP contribution >= 0.6 is 0 Å². The van der Waals surface area contributed by atoms with E-state index in [9.17, 15) is 9.59 Å². The van der Waals surface area contributed by atoms with Gasteiger partial charge in [0.25, 0.3) is 0 Å². The molecular weight excluding hydrogens is 220 g/mol. The monoisotopic (exact) mass is 244 g/mol. The van der Waals surface area contributed by atoms with Crippen LogP contribution in [0, 0.1) is 11.8 Å². The summed E-state index contributed by atoms with van der Waals surface area (Å²) in [5.74, 6) is -1.62. The summed E-state index contributed by atoms with van der Waals surface area (Å²) in [6.07, 6.45) is 1.66. The Bertz CT molecular complexity index is 256. The Hall–Kier alpha value is -1.10. The highest BCUT2D eigenvalue weighted by Gasteiger charge is 2.24. The summed E-state index contributed by atoms with van der Waals surface area (Å²) < 4.78 is 0. The van der Waals surface area contributed by atoms with Crippen LogP contribution in [0.4, 0.5) is 0 Å². The third-order valence-corrected chi connectivity index (χ3v) is 2.88. The van der Waals surface area contributed by atoms with E-state index >= 15 is 0 Å². The molecule has 0 radical (unpaired) electrons. The standard InChI is InChI=1S/C12H24N2O3/c1-4-6-10(7-13)11(15)14(5-2)8-9(3)12(16)17/h9-10H,4-8,13H2,1-3H3,(H,16,17). The Kier molecular flexibility index (Phi) is 7.54. The van der Waals surface area contributed by atoms with Gasteiger partial charge in [0.2, 0.25) is 5.91 Å². The Morgan fingerprint density at radius 2 is 1.94 bits per heavy atom. The lowest BCUT2D eigenvalue weighted by atomic mass is 10.0. The molecule has 0 aliphatic heterocycles. The summed E-state index contributed by atoms with van der Waals surface area (Å²) in [6, 6.07) is 0. The topological polar surface area (TPSA) is 83.6 Å². The van der Waals surface area contributed by atoms with Crippen LogP contribution in [0.25, 0.3) is 0 Å². The number of carbonyl (C=O) groups excluding carboxylic acids is 1. The van der Waals surface area contributed by atoms with Crippen molar-refractivity contribution < 1.29 is 14.7 Å². The van der Waals surface area contributed by atoms with E-state index in [1.165, 1.54) is 0 Å². The molecule has 0 heterocycles. The quantitative estimate of drug-likeness (QED) is 0.665. The third-order valence-electron chi connectivity index (χ3n) is 2.88. The van der Waals surface area contributed by atoms with Crippen LogP contribution in [0.3, 0.4) is 0 Å². The summed E-state index contributed by atoms with van der Waals surface area (Å²) in [6.45, 7) is 6.57. The first kappa shape index (κ1) is 15.9. The lowest BCUT2D eigenvalue weighted by Crippen LogP contribution is -2.42. The van der Waals surface area contributed by atoms with Gasteiger partial charge < -0.3 is 15.7 Å². The molecule has 0 aromatic carbocycles. The highest BCUT2D eigenvalue weighted by Crippen LogP contribution is 2.11. The Morgan fingerprint density at radius 3 is 2.29 bits per heavy atom. The molecule has 0 saturated heterocycles. The molecule has 0 aromatic rings. The maximum Gasteiger partial charge on any atom is 0.308 e. The fourth-order valence-electron chi connectivity index (χ4n) is 1.73. The van der Waals surface area contributed by atoms with Crippen LogP contribution in [0.15, 0.2) is 0 Å². The van der Waals surface area contributed by atoms with Crippen molar-refractivity contribution >= 4 is 11.9 Å². The lowest BCUT2D eigenvalue weighted by molar-refractivity contribution is -0.143. The van der Waals surface area contributed by atoms with Crippen molar-refractivity contribution in [1.82, 2.24) is 4.90 Å². The zero-order valence-electron chi connectivity index (χ0n) is 11.0. The number of carboxylic acids is 1. The zero-order valence-corrected chi connectivity index (χ0v) is 11.0. The molecule has 0 saturated carbocycles. The molecule has 0 rings (SSSR count). The van der Waals surface area contributed by atoms with Gasteiger partial charge >= 0.3 is 5.97 Å². The van der Waals surface area contributed by atoms with E-state index in [-0.39, 0.29) is 18.4 Å². The SMILES string of the molecule is CCCC(CN)C(=O)N(CC)CC(C)C(=O)O. The minimum Gasteiger partial charge on any atom is -0.481 e. The van der Waals surface area contributed by atoms with Gasteiger partial charge in [-0.15, -0.1) is 0 Å². The lowest BCUT2D eigenvalue weighted by Gasteiger charge is -2.27. The fraction of sp³-hybridized carbons (Fsp3) is 0.833. The van der Waals surface area contributed by atoms with Crippen molar-refractivity contribution in [1.29, 1.82) is 0 Å². The number of carbonyl (C=O) groups is 2. The van der Waals surface area contributed by atoms with Crippen molar-refractivity contribution in [2.24, 2.45) is 17.6 Å². The average molecular weight is 244 g/mol. The van der Waals surface area contributed by atoms with Crippen LogP contribution < -0.4 is 5.73 Å². The van der Waals surface area contributed by atoms with Crippen molar-refractivity contribution in [2.45, 2.75) is 33.6 Å². The first-order valence-corrected chi connectivity index (χ1v) is 6.19. The highest BCUT2D eigenvalue weighted by molar-refractivity contribution is 5.80. The van der Waals surface area contributed by atoms with Crippen molar-refractivity contribution in [3.8, 4) is 0 Å². The Balaban J connectivity index is 4.52. The predicted octanol–water partition coefficient (Wildman–Crippen LogP) is 0.931. The normalized spacial score (nSPS) is 14.1. The fourth-order valence-corrected chi connectivity index (χ4v) is 1.73. The van der Waals surface area contributed by atoms with E-state index in [2.05, 4.69) is 0 Å². The van der Waals surface area contributed by atoms with Crippen molar-refractivity contribution in [3.05, 3.63) is 0 Å². The van der Waals surface area contributed by atoms with Crippen molar-refractivity contribution in [3.63, 3.8) is 0 Å². The molecule has 5 heteroatoms. The minimum absolute atomic E-state index is 0.0232. The molecule has 0 bridgehead atoms. The molecular formula is C12H24N2O3.